The summed E-state index contributed by atoms with van der Waals surface area (Å²) in [6, 6.07) is 12.8. The van der Waals surface area contributed by atoms with Crippen LogP contribution in [-0.2, 0) is 30.7 Å². The number of hydrogen-bond donors (Lipinski definition) is 3. The fourth-order valence-electron chi connectivity index (χ4n) is 6.05. The van der Waals surface area contributed by atoms with E-state index in [-0.39, 0.29) is 18.1 Å². The number of likely N-dealkylation sites (tertiary alicyclic amines) is 1. The van der Waals surface area contributed by atoms with Crippen LogP contribution in [-0.4, -0.2) is 98.2 Å². The van der Waals surface area contributed by atoms with Gasteiger partial charge in [0.15, 0.2) is 0 Å². The molecule has 0 aromatic heterocycles. The third kappa shape index (κ3) is 18.3. The Morgan fingerprint density at radius 1 is 1.00 bits per heavy atom. The van der Waals surface area contributed by atoms with Crippen molar-refractivity contribution in [1.29, 1.82) is 0 Å². The van der Waals surface area contributed by atoms with Gasteiger partial charge in [-0.25, -0.2) is 13.2 Å². The number of rotatable bonds is 15. The van der Waals surface area contributed by atoms with Crippen molar-refractivity contribution in [2.45, 2.75) is 97.7 Å². The van der Waals surface area contributed by atoms with Gasteiger partial charge in [-0.3, -0.25) is 14.5 Å². The first-order valence-corrected chi connectivity index (χ1v) is 22.3. The van der Waals surface area contributed by atoms with Gasteiger partial charge in [-0.2, -0.15) is 11.8 Å². The Kier molecular flexibility index (Phi) is 23.7. The van der Waals surface area contributed by atoms with Gasteiger partial charge in [0.2, 0.25) is 0 Å². The summed E-state index contributed by atoms with van der Waals surface area (Å²) in [5, 5.41) is 20.6. The van der Waals surface area contributed by atoms with Gasteiger partial charge in [0.25, 0.3) is 5.91 Å². The van der Waals surface area contributed by atoms with E-state index in [1.165, 1.54) is 18.4 Å². The van der Waals surface area contributed by atoms with Crippen molar-refractivity contribution < 1.29 is 37.8 Å². The Morgan fingerprint density at radius 3 is 2.30 bits per heavy atom. The molecule has 12 heteroatoms. The highest BCUT2D eigenvalue weighted by atomic mass is 32.2. The highest BCUT2D eigenvalue weighted by Crippen LogP contribution is 2.31. The molecule has 2 aliphatic rings. The van der Waals surface area contributed by atoms with Crippen LogP contribution in [0, 0.1) is 12.8 Å². The Bertz CT molecular complexity index is 1620. The number of methoxy groups -OCH3 is 1. The van der Waals surface area contributed by atoms with E-state index in [2.05, 4.69) is 33.2 Å². The molecule has 1 saturated heterocycles. The molecule has 1 aliphatic heterocycles. The predicted octanol–water partition coefficient (Wildman–Crippen LogP) is 8.05. The number of aryl methyl sites for hydroxylation is 1. The van der Waals surface area contributed by atoms with Crippen molar-refractivity contribution in [2.75, 3.05) is 44.8 Å². The number of carboxylic acid groups (broad SMARTS) is 2. The molecule has 302 valence electrons. The van der Waals surface area contributed by atoms with Gasteiger partial charge in [0.05, 0.1) is 11.7 Å². The summed E-state index contributed by atoms with van der Waals surface area (Å²) in [6.45, 7) is 9.53. The molecule has 4 rings (SSSR count). The molecule has 1 heterocycles. The molecule has 1 aliphatic carbocycles. The van der Waals surface area contributed by atoms with Gasteiger partial charge in [-0.1, -0.05) is 74.9 Å². The number of aliphatic carboxylic acids is 2. The molecular formula is C42H64N2O8S2. The van der Waals surface area contributed by atoms with E-state index in [0.717, 1.165) is 79.5 Å². The van der Waals surface area contributed by atoms with Crippen LogP contribution in [0.2, 0.25) is 0 Å². The zero-order chi connectivity index (χ0) is 40.7. The second kappa shape index (κ2) is 26.4. The number of carbonyl (C=O) groups is 3. The lowest BCUT2D eigenvalue weighted by Gasteiger charge is -2.26. The lowest BCUT2D eigenvalue weighted by atomic mass is 9.93. The lowest BCUT2D eigenvalue weighted by Crippen LogP contribution is -2.42. The highest BCUT2D eigenvalue weighted by molar-refractivity contribution is 7.98. The summed E-state index contributed by atoms with van der Waals surface area (Å²) >= 11 is 1.68. The second-order valence-electron chi connectivity index (χ2n) is 13.5. The minimum atomic E-state index is -3.37. The second-order valence-corrected chi connectivity index (χ2v) is 16.7. The van der Waals surface area contributed by atoms with Gasteiger partial charge in [-0.15, -0.1) is 0 Å². The Hall–Kier alpha value is -3.45. The molecule has 54 heavy (non-hydrogen) atoms. The van der Waals surface area contributed by atoms with Gasteiger partial charge >= 0.3 is 11.9 Å². The Balaban J connectivity index is 0.000000893. The smallest absolute Gasteiger partial charge is 0.326 e. The highest BCUT2D eigenvalue weighted by Gasteiger charge is 2.27. The van der Waals surface area contributed by atoms with Crippen molar-refractivity contribution >= 4 is 39.4 Å². The van der Waals surface area contributed by atoms with Crippen molar-refractivity contribution in [3.63, 3.8) is 0 Å². The number of allylic oxidation sites excluding steroid dienone is 3. The zero-order valence-electron chi connectivity index (χ0n) is 33.6. The maximum Gasteiger partial charge on any atom is 0.326 e. The van der Waals surface area contributed by atoms with Crippen molar-refractivity contribution in [2.24, 2.45) is 5.92 Å². The number of hydrogen-bond acceptors (Lipinski definition) is 8. The molecule has 0 bridgehead atoms. The van der Waals surface area contributed by atoms with Crippen molar-refractivity contribution in [3.05, 3.63) is 83.0 Å². The van der Waals surface area contributed by atoms with E-state index in [1.54, 1.807) is 39.0 Å². The van der Waals surface area contributed by atoms with Crippen LogP contribution in [0.15, 0.2) is 66.3 Å². The van der Waals surface area contributed by atoms with E-state index in [0.29, 0.717) is 11.6 Å². The first kappa shape index (κ1) is 48.6. The van der Waals surface area contributed by atoms with Crippen LogP contribution < -0.4 is 5.32 Å². The maximum atomic E-state index is 13.4. The third-order valence-corrected chi connectivity index (χ3v) is 10.6. The van der Waals surface area contributed by atoms with Crippen LogP contribution in [0.1, 0.15) is 93.6 Å². The third-order valence-electron chi connectivity index (χ3n) is 8.99. The lowest BCUT2D eigenvalue weighted by molar-refractivity contribution is -0.141. The van der Waals surface area contributed by atoms with E-state index < -0.39 is 33.7 Å². The molecule has 3 N–H and O–H groups in total. The minimum absolute atomic E-state index is 0.183. The molecule has 3 unspecified atom stereocenters. The quantitative estimate of drug-likeness (QED) is 0.162. The minimum Gasteiger partial charge on any atom is -0.481 e. The average Bonchev–Trinajstić information content (AvgIpc) is 3.39. The number of carbonyl (C=O) groups excluding carboxylic acids is 1. The largest absolute Gasteiger partial charge is 0.481 e. The standard InChI is InChI=1S/C32H40N2O5S.C6H12O2S.C2H6O.C2H6/c1-23-10-7-8-14-27(23)29-21-25(22-34-18-9-13-26(34)20-24-11-5-3-4-6-12-24)15-16-28(29)31(35)33-30(32(36)37)17-19-40(2,38)39;1-5(6(7)8)3-4-9-2;1-3-2;1-2/h5,7-8,10-12,14-16,21,26,30H,3-4,6,9,13,17-20,22H2,1-2H3,(H,33,35)(H,36,37);5H,3-4H2,1-2H3,(H,7,8);1-2H3;1-2H3. The summed E-state index contributed by atoms with van der Waals surface area (Å²) in [5.41, 5.74) is 5.54. The SMILES string of the molecule is CC.COC.CSCCC(C)C(=O)O.Cc1ccccc1-c1cc(CN2CCCC2CC2=CCCCC=C2)ccc1C(=O)NC(CCS(C)(=O)=O)C(=O)O. The number of thioether (sulfide) groups is 1. The van der Waals surface area contributed by atoms with E-state index in [4.69, 9.17) is 5.11 Å². The number of benzene rings is 2. The van der Waals surface area contributed by atoms with E-state index in [1.807, 2.05) is 63.4 Å². The molecule has 3 atom stereocenters. The summed E-state index contributed by atoms with van der Waals surface area (Å²) in [5.74, 6) is -2.05. The molecule has 0 radical (unpaired) electrons. The van der Waals surface area contributed by atoms with Gasteiger partial charge in [0.1, 0.15) is 15.9 Å². The van der Waals surface area contributed by atoms with Crippen LogP contribution in [0.3, 0.4) is 0 Å². The van der Waals surface area contributed by atoms with E-state index in [9.17, 15) is 27.9 Å². The molecule has 1 fully saturated rings. The summed E-state index contributed by atoms with van der Waals surface area (Å²) < 4.78 is 27.5. The normalized spacial score (nSPS) is 16.4. The molecule has 2 aromatic carbocycles. The van der Waals surface area contributed by atoms with Gasteiger partial charge in [0, 0.05) is 38.6 Å². The molecule has 1 amide bonds. The summed E-state index contributed by atoms with van der Waals surface area (Å²) in [7, 11) is -0.120. The average molecular weight is 789 g/mol. The number of ether oxygens (including phenoxy) is 1. The van der Waals surface area contributed by atoms with Crippen LogP contribution in [0.5, 0.6) is 0 Å². The number of carboxylic acids is 2. The number of amides is 1. The molecule has 2 aromatic rings. The summed E-state index contributed by atoms with van der Waals surface area (Å²) in [6.07, 6.45) is 17.4. The number of sulfone groups is 1. The molecule has 0 saturated carbocycles. The first-order chi connectivity index (χ1) is 25.7. The zero-order valence-corrected chi connectivity index (χ0v) is 35.2. The van der Waals surface area contributed by atoms with Crippen LogP contribution in [0.4, 0.5) is 0 Å². The van der Waals surface area contributed by atoms with Crippen LogP contribution >= 0.6 is 11.8 Å². The van der Waals surface area contributed by atoms with Gasteiger partial charge in [-0.05, 0) is 111 Å². The number of nitrogens with zero attached hydrogens (tertiary/aromatic N) is 1. The molecular weight excluding hydrogens is 725 g/mol. The molecule has 10 nitrogen and oxygen atoms in total. The Morgan fingerprint density at radius 2 is 1.69 bits per heavy atom. The van der Waals surface area contributed by atoms with E-state index >= 15 is 0 Å². The van der Waals surface area contributed by atoms with Crippen LogP contribution in [0.25, 0.3) is 11.1 Å². The summed E-state index contributed by atoms with van der Waals surface area (Å²) in [4.78, 5) is 37.9. The van der Waals surface area contributed by atoms with Crippen molar-refractivity contribution in [3.8, 4) is 11.1 Å². The Labute approximate surface area is 328 Å². The van der Waals surface area contributed by atoms with Crippen molar-refractivity contribution in [1.82, 2.24) is 10.2 Å². The fourth-order valence-corrected chi connectivity index (χ4v) is 7.30. The monoisotopic (exact) mass is 788 g/mol. The maximum absolute atomic E-state index is 13.4. The van der Waals surface area contributed by atoms with Gasteiger partial charge < -0.3 is 20.3 Å². The number of nitrogens with one attached hydrogen (secondary N) is 1. The predicted molar refractivity (Wildman–Crippen MR) is 223 cm³/mol. The topological polar surface area (TPSA) is 150 Å². The molecule has 0 spiro atoms. The fraction of sp³-hybridized carbons (Fsp3) is 0.548. The first-order valence-electron chi connectivity index (χ1n) is 18.8.